The van der Waals surface area contributed by atoms with E-state index < -0.39 is 0 Å². The van der Waals surface area contributed by atoms with E-state index in [2.05, 4.69) is 30.0 Å². The molecule has 2 atom stereocenters. The van der Waals surface area contributed by atoms with Crippen molar-refractivity contribution < 1.29 is 9.53 Å². The van der Waals surface area contributed by atoms with Gasteiger partial charge in [0.15, 0.2) is 0 Å². The van der Waals surface area contributed by atoms with E-state index in [9.17, 15) is 4.79 Å². The molecule has 3 aliphatic rings. The van der Waals surface area contributed by atoms with Gasteiger partial charge in [0.05, 0.1) is 11.7 Å². The third-order valence-corrected chi connectivity index (χ3v) is 5.58. The van der Waals surface area contributed by atoms with E-state index >= 15 is 0 Å². The van der Waals surface area contributed by atoms with Crippen LogP contribution < -0.4 is 0 Å². The summed E-state index contributed by atoms with van der Waals surface area (Å²) in [4.78, 5) is 16.9. The van der Waals surface area contributed by atoms with Crippen LogP contribution in [0.2, 0.25) is 0 Å². The Hall–Kier alpha value is -0.870. The van der Waals surface area contributed by atoms with Gasteiger partial charge in [0.2, 0.25) is 5.91 Å². The molecule has 0 aromatic rings. The van der Waals surface area contributed by atoms with Crippen LogP contribution in [0.15, 0.2) is 11.6 Å². The fraction of sp³-hybridized carbons (Fsp3) is 0.842. The third kappa shape index (κ3) is 4.36. The summed E-state index contributed by atoms with van der Waals surface area (Å²) in [5, 5.41) is 0. The highest BCUT2D eigenvalue weighted by Gasteiger charge is 2.44. The van der Waals surface area contributed by atoms with Crippen molar-refractivity contribution in [3.05, 3.63) is 11.6 Å². The SMILES string of the molecule is CN(C)C[C@@H]1CCC[C@]2(CCN(C(=O)CC3=CCCCC3)C2)O1. The highest BCUT2D eigenvalue weighted by atomic mass is 16.5. The molecule has 1 spiro atoms. The smallest absolute Gasteiger partial charge is 0.226 e. The maximum Gasteiger partial charge on any atom is 0.226 e. The normalized spacial score (nSPS) is 31.7. The van der Waals surface area contributed by atoms with Crippen LogP contribution in [-0.2, 0) is 9.53 Å². The summed E-state index contributed by atoms with van der Waals surface area (Å²) in [5.74, 6) is 0.313. The lowest BCUT2D eigenvalue weighted by atomic mass is 9.90. The zero-order chi connectivity index (χ0) is 16.3. The Labute approximate surface area is 140 Å². The molecule has 0 N–H and O–H groups in total. The molecule has 0 saturated carbocycles. The predicted octanol–water partition coefficient (Wildman–Crippen LogP) is 2.98. The number of amides is 1. The lowest BCUT2D eigenvalue weighted by Gasteiger charge is -2.39. The Kier molecular flexibility index (Phi) is 5.42. The monoisotopic (exact) mass is 320 g/mol. The first-order valence-corrected chi connectivity index (χ1v) is 9.35. The fourth-order valence-corrected chi connectivity index (χ4v) is 4.39. The minimum absolute atomic E-state index is 0.0600. The highest BCUT2D eigenvalue weighted by Crippen LogP contribution is 2.37. The number of hydrogen-bond acceptors (Lipinski definition) is 3. The lowest BCUT2D eigenvalue weighted by molar-refractivity contribution is -0.139. The lowest BCUT2D eigenvalue weighted by Crippen LogP contribution is -2.46. The molecule has 2 fully saturated rings. The van der Waals surface area contributed by atoms with Crippen molar-refractivity contribution in [1.82, 2.24) is 9.80 Å². The molecule has 0 aromatic heterocycles. The Balaban J connectivity index is 1.54. The molecule has 2 saturated heterocycles. The van der Waals surface area contributed by atoms with Gasteiger partial charge in [-0.05, 0) is 65.5 Å². The van der Waals surface area contributed by atoms with E-state index in [0.29, 0.717) is 18.4 Å². The van der Waals surface area contributed by atoms with Crippen molar-refractivity contribution in [3.63, 3.8) is 0 Å². The molecule has 2 aliphatic heterocycles. The maximum atomic E-state index is 12.6. The quantitative estimate of drug-likeness (QED) is 0.747. The summed E-state index contributed by atoms with van der Waals surface area (Å²) >= 11 is 0. The van der Waals surface area contributed by atoms with Gasteiger partial charge in [0, 0.05) is 26.1 Å². The van der Waals surface area contributed by atoms with Crippen LogP contribution in [0.4, 0.5) is 0 Å². The molecule has 0 aromatic carbocycles. The summed E-state index contributed by atoms with van der Waals surface area (Å²) in [6, 6.07) is 0. The van der Waals surface area contributed by atoms with Crippen molar-refractivity contribution in [3.8, 4) is 0 Å². The number of likely N-dealkylation sites (tertiary alicyclic amines) is 1. The Bertz CT molecular complexity index is 460. The minimum atomic E-state index is -0.0600. The topological polar surface area (TPSA) is 32.8 Å². The number of ether oxygens (including phenoxy) is 1. The van der Waals surface area contributed by atoms with E-state index in [4.69, 9.17) is 4.74 Å². The van der Waals surface area contributed by atoms with E-state index in [0.717, 1.165) is 51.7 Å². The first-order chi connectivity index (χ1) is 11.1. The van der Waals surface area contributed by atoms with Crippen LogP contribution in [0, 0.1) is 0 Å². The van der Waals surface area contributed by atoms with Gasteiger partial charge in [-0.25, -0.2) is 0 Å². The molecule has 130 valence electrons. The summed E-state index contributed by atoms with van der Waals surface area (Å²) in [6.07, 6.45) is 12.6. The minimum Gasteiger partial charge on any atom is -0.369 e. The van der Waals surface area contributed by atoms with Crippen LogP contribution in [0.25, 0.3) is 0 Å². The standard InChI is InChI=1S/C19H32N2O2/c1-20(2)14-17-9-6-10-19(23-17)11-12-21(15-19)18(22)13-16-7-4-3-5-8-16/h7,17H,3-6,8-15H2,1-2H3/t17-,19+/m0/s1. The van der Waals surface area contributed by atoms with Crippen molar-refractivity contribution in [2.75, 3.05) is 33.7 Å². The molecule has 1 aliphatic carbocycles. The Morgan fingerprint density at radius 1 is 1.35 bits per heavy atom. The molecule has 1 amide bonds. The van der Waals surface area contributed by atoms with Gasteiger partial charge in [0.25, 0.3) is 0 Å². The summed E-state index contributed by atoms with van der Waals surface area (Å²) in [7, 11) is 4.21. The number of allylic oxidation sites excluding steroid dienone is 1. The number of hydrogen-bond donors (Lipinski definition) is 0. The van der Waals surface area contributed by atoms with Crippen molar-refractivity contribution in [1.29, 1.82) is 0 Å². The molecular weight excluding hydrogens is 288 g/mol. The molecule has 4 heteroatoms. The molecule has 0 bridgehead atoms. The zero-order valence-electron chi connectivity index (χ0n) is 14.9. The number of rotatable bonds is 4. The number of nitrogens with zero attached hydrogens (tertiary/aromatic N) is 2. The fourth-order valence-electron chi connectivity index (χ4n) is 4.39. The second-order valence-electron chi connectivity index (χ2n) is 7.93. The molecule has 4 nitrogen and oxygen atoms in total. The van der Waals surface area contributed by atoms with Gasteiger partial charge in [-0.15, -0.1) is 0 Å². The summed E-state index contributed by atoms with van der Waals surface area (Å²) in [5.41, 5.74) is 1.30. The predicted molar refractivity (Wildman–Crippen MR) is 92.4 cm³/mol. The molecule has 0 unspecified atom stereocenters. The van der Waals surface area contributed by atoms with Crippen LogP contribution in [-0.4, -0.2) is 61.1 Å². The first kappa shape index (κ1) is 17.0. The summed E-state index contributed by atoms with van der Waals surface area (Å²) in [6.45, 7) is 2.67. The first-order valence-electron chi connectivity index (χ1n) is 9.35. The van der Waals surface area contributed by atoms with Gasteiger partial charge in [-0.3, -0.25) is 4.79 Å². The Morgan fingerprint density at radius 3 is 2.96 bits per heavy atom. The number of likely N-dealkylation sites (N-methyl/N-ethyl adjacent to an activating group) is 1. The van der Waals surface area contributed by atoms with E-state index in [1.807, 2.05) is 0 Å². The molecular formula is C19H32N2O2. The van der Waals surface area contributed by atoms with Crippen molar-refractivity contribution in [2.45, 2.75) is 69.5 Å². The van der Waals surface area contributed by atoms with E-state index in [-0.39, 0.29) is 5.60 Å². The zero-order valence-corrected chi connectivity index (χ0v) is 14.9. The van der Waals surface area contributed by atoms with Gasteiger partial charge >= 0.3 is 0 Å². The van der Waals surface area contributed by atoms with Crippen LogP contribution >= 0.6 is 0 Å². The average Bonchev–Trinajstić information content (AvgIpc) is 2.91. The molecule has 3 rings (SSSR count). The van der Waals surface area contributed by atoms with Crippen molar-refractivity contribution >= 4 is 5.91 Å². The molecule has 0 radical (unpaired) electrons. The Morgan fingerprint density at radius 2 is 2.22 bits per heavy atom. The number of carbonyl (C=O) groups excluding carboxylic acids is 1. The van der Waals surface area contributed by atoms with Gasteiger partial charge < -0.3 is 14.5 Å². The van der Waals surface area contributed by atoms with Crippen LogP contribution in [0.5, 0.6) is 0 Å². The van der Waals surface area contributed by atoms with Crippen LogP contribution in [0.3, 0.4) is 0 Å². The van der Waals surface area contributed by atoms with E-state index in [1.165, 1.54) is 24.8 Å². The second kappa shape index (κ2) is 7.35. The largest absolute Gasteiger partial charge is 0.369 e. The third-order valence-electron chi connectivity index (χ3n) is 5.58. The van der Waals surface area contributed by atoms with Gasteiger partial charge in [-0.1, -0.05) is 11.6 Å². The second-order valence-corrected chi connectivity index (χ2v) is 7.93. The maximum absolute atomic E-state index is 12.6. The van der Waals surface area contributed by atoms with E-state index in [1.54, 1.807) is 0 Å². The molecule has 23 heavy (non-hydrogen) atoms. The average molecular weight is 320 g/mol. The van der Waals surface area contributed by atoms with Gasteiger partial charge in [0.1, 0.15) is 0 Å². The van der Waals surface area contributed by atoms with Crippen LogP contribution in [0.1, 0.15) is 57.8 Å². The number of carbonyl (C=O) groups is 1. The molecule has 2 heterocycles. The van der Waals surface area contributed by atoms with Gasteiger partial charge in [-0.2, -0.15) is 0 Å². The van der Waals surface area contributed by atoms with Crippen molar-refractivity contribution in [2.24, 2.45) is 0 Å². The summed E-state index contributed by atoms with van der Waals surface area (Å²) < 4.78 is 6.47. The highest BCUT2D eigenvalue weighted by molar-refractivity contribution is 5.79.